The van der Waals surface area contributed by atoms with Crippen LogP contribution < -0.4 is 0 Å². The number of fused-ring (bicyclic) bond motifs is 1. The molecule has 0 N–H and O–H groups in total. The van der Waals surface area contributed by atoms with Crippen LogP contribution in [0.25, 0.3) is 16.8 Å². The van der Waals surface area contributed by atoms with Crippen LogP contribution in [0, 0.1) is 6.08 Å². The van der Waals surface area contributed by atoms with Gasteiger partial charge in [-0.2, -0.15) is 0 Å². The molecule has 2 aromatic rings. The second-order valence-corrected chi connectivity index (χ2v) is 5.62. The Morgan fingerprint density at radius 2 is 1.86 bits per heavy atom. The van der Waals surface area contributed by atoms with Gasteiger partial charge < -0.3 is 9.64 Å². The number of nitrogens with zero attached hydrogens (tertiary/aromatic N) is 1. The van der Waals surface area contributed by atoms with E-state index in [1.165, 1.54) is 22.4 Å². The highest BCUT2D eigenvalue weighted by atomic mass is 16.5. The quantitative estimate of drug-likeness (QED) is 0.624. The lowest BCUT2D eigenvalue weighted by Crippen LogP contribution is -2.36. The first-order valence-electron chi connectivity index (χ1n) is 7.86. The average Bonchev–Trinajstić information content (AvgIpc) is 2.62. The van der Waals surface area contributed by atoms with Crippen molar-refractivity contribution in [2.75, 3.05) is 26.3 Å². The van der Waals surface area contributed by atoms with Gasteiger partial charge in [-0.15, -0.1) is 5.70 Å². The lowest BCUT2D eigenvalue weighted by atomic mass is 9.91. The van der Waals surface area contributed by atoms with Crippen LogP contribution in [0.5, 0.6) is 0 Å². The molecule has 1 saturated heterocycles. The summed E-state index contributed by atoms with van der Waals surface area (Å²) in [6.45, 7) is 3.41. The molecule has 0 spiro atoms. The summed E-state index contributed by atoms with van der Waals surface area (Å²) in [4.78, 5) is 2.38. The zero-order chi connectivity index (χ0) is 14.8. The van der Waals surface area contributed by atoms with Crippen LogP contribution in [0.15, 0.2) is 47.1 Å². The van der Waals surface area contributed by atoms with Gasteiger partial charge in [0.25, 0.3) is 5.76 Å². The number of hydrogen-bond acceptors (Lipinski definition) is 2. The Kier molecular flexibility index (Phi) is 3.65. The minimum atomic E-state index is 0.783. The molecule has 1 aromatic carbocycles. The van der Waals surface area contributed by atoms with E-state index < -0.39 is 0 Å². The van der Waals surface area contributed by atoms with Crippen molar-refractivity contribution in [1.82, 2.24) is 4.90 Å². The third-order valence-corrected chi connectivity index (χ3v) is 4.29. The standard InChI is InChI=1S/C19H19NO2/c1-2-5-15(6-3-1)16-9-12-22-18-8-4-7-17(19(16)18)20-10-13-21-14-11-20/h1-3,5-6,9,12H,4,8,10-11,13-14H2. The Hall–Kier alpha value is -2.13. The minimum Gasteiger partial charge on any atom is -0.400 e. The predicted octanol–water partition coefficient (Wildman–Crippen LogP) is 3.65. The van der Waals surface area contributed by atoms with Gasteiger partial charge in [0.2, 0.25) is 0 Å². The van der Waals surface area contributed by atoms with E-state index in [0.29, 0.717) is 0 Å². The van der Waals surface area contributed by atoms with Gasteiger partial charge in [-0.25, -0.2) is 10.5 Å². The zero-order valence-corrected chi connectivity index (χ0v) is 12.5. The SMILES string of the molecule is [C-]1=C(N2CCOCC2)c2c(-c3ccccc3)cc[o+]c2CC1. The van der Waals surface area contributed by atoms with Crippen LogP contribution >= 0.6 is 0 Å². The monoisotopic (exact) mass is 293 g/mol. The molecule has 1 aromatic heterocycles. The first-order chi connectivity index (χ1) is 10.9. The summed E-state index contributed by atoms with van der Waals surface area (Å²) in [5.41, 5.74) is 4.86. The van der Waals surface area contributed by atoms with Gasteiger partial charge in [0, 0.05) is 25.6 Å². The molecule has 2 heterocycles. The number of benzene rings is 1. The molecule has 0 amide bonds. The molecule has 0 radical (unpaired) electrons. The molecule has 3 heteroatoms. The minimum absolute atomic E-state index is 0.783. The fourth-order valence-corrected chi connectivity index (χ4v) is 3.22. The van der Waals surface area contributed by atoms with Crippen molar-refractivity contribution in [2.24, 2.45) is 0 Å². The molecule has 22 heavy (non-hydrogen) atoms. The summed E-state index contributed by atoms with van der Waals surface area (Å²) in [6.07, 6.45) is 7.23. The third-order valence-electron chi connectivity index (χ3n) is 4.29. The van der Waals surface area contributed by atoms with E-state index in [0.717, 1.165) is 44.9 Å². The molecular weight excluding hydrogens is 274 g/mol. The molecule has 1 aliphatic heterocycles. The Labute approximate surface area is 130 Å². The number of hydrogen-bond donors (Lipinski definition) is 0. The highest BCUT2D eigenvalue weighted by molar-refractivity contribution is 5.81. The Balaban J connectivity index is 1.82. The molecule has 4 rings (SSSR count). The van der Waals surface area contributed by atoms with Crippen molar-refractivity contribution in [3.8, 4) is 11.1 Å². The van der Waals surface area contributed by atoms with Crippen LogP contribution in [0.2, 0.25) is 0 Å². The van der Waals surface area contributed by atoms with Crippen LogP contribution in [-0.2, 0) is 11.2 Å². The van der Waals surface area contributed by atoms with E-state index in [1.54, 1.807) is 0 Å². The van der Waals surface area contributed by atoms with E-state index in [2.05, 4.69) is 41.3 Å². The molecule has 1 fully saturated rings. The second-order valence-electron chi connectivity index (χ2n) is 5.62. The van der Waals surface area contributed by atoms with Crippen molar-refractivity contribution in [3.63, 3.8) is 0 Å². The van der Waals surface area contributed by atoms with Gasteiger partial charge in [0.15, 0.2) is 0 Å². The Morgan fingerprint density at radius 3 is 2.68 bits per heavy atom. The summed E-state index contributed by atoms with van der Waals surface area (Å²) in [7, 11) is 0. The van der Waals surface area contributed by atoms with Gasteiger partial charge >= 0.3 is 6.26 Å². The van der Waals surface area contributed by atoms with Gasteiger partial charge in [-0.1, -0.05) is 42.3 Å². The second kappa shape index (κ2) is 5.93. The number of allylic oxidation sites excluding steroid dienone is 1. The highest BCUT2D eigenvalue weighted by Gasteiger charge is 2.21. The lowest BCUT2D eigenvalue weighted by Gasteiger charge is -2.38. The first kappa shape index (κ1) is 13.5. The lowest BCUT2D eigenvalue weighted by molar-refractivity contribution is 0.0635. The molecule has 3 nitrogen and oxygen atoms in total. The van der Waals surface area contributed by atoms with E-state index in [4.69, 9.17) is 9.15 Å². The summed E-state index contributed by atoms with van der Waals surface area (Å²) >= 11 is 0. The van der Waals surface area contributed by atoms with Crippen molar-refractivity contribution in [2.45, 2.75) is 12.8 Å². The summed E-state index contributed by atoms with van der Waals surface area (Å²) in [6, 6.07) is 12.6. The van der Waals surface area contributed by atoms with Crippen LogP contribution in [0.3, 0.4) is 0 Å². The number of ether oxygens (including phenoxy) is 1. The third kappa shape index (κ3) is 2.42. The predicted molar refractivity (Wildman–Crippen MR) is 85.9 cm³/mol. The number of aryl methyl sites for hydroxylation is 1. The summed E-state index contributed by atoms with van der Waals surface area (Å²) in [5.74, 6) is 1.07. The Bertz CT molecular complexity index is 688. The highest BCUT2D eigenvalue weighted by Crippen LogP contribution is 2.36. The average molecular weight is 293 g/mol. The van der Waals surface area contributed by atoms with Gasteiger partial charge in [0.05, 0.1) is 13.2 Å². The van der Waals surface area contributed by atoms with Crippen molar-refractivity contribution in [3.05, 3.63) is 60.1 Å². The number of morpholine rings is 1. The van der Waals surface area contributed by atoms with E-state index in [9.17, 15) is 0 Å². The molecule has 0 saturated carbocycles. The summed E-state index contributed by atoms with van der Waals surface area (Å²) < 4.78 is 11.3. The fourth-order valence-electron chi connectivity index (χ4n) is 3.22. The molecule has 2 aliphatic rings. The smallest absolute Gasteiger partial charge is 0.314 e. The van der Waals surface area contributed by atoms with Crippen molar-refractivity contribution >= 4 is 5.70 Å². The largest absolute Gasteiger partial charge is 0.400 e. The molecule has 0 unspecified atom stereocenters. The topological polar surface area (TPSA) is 23.8 Å². The van der Waals surface area contributed by atoms with Crippen molar-refractivity contribution in [1.29, 1.82) is 0 Å². The van der Waals surface area contributed by atoms with Crippen LogP contribution in [0.4, 0.5) is 0 Å². The first-order valence-corrected chi connectivity index (χ1v) is 7.86. The van der Waals surface area contributed by atoms with E-state index >= 15 is 0 Å². The fraction of sp³-hybridized carbons (Fsp3) is 0.316. The Morgan fingerprint density at radius 1 is 1.05 bits per heavy atom. The molecular formula is C19H19NO2. The molecule has 1 aliphatic carbocycles. The normalized spacial score (nSPS) is 17.8. The molecule has 0 bridgehead atoms. The van der Waals surface area contributed by atoms with E-state index in [1.807, 2.05) is 12.3 Å². The van der Waals surface area contributed by atoms with Gasteiger partial charge in [-0.3, -0.25) is 0 Å². The molecule has 0 atom stereocenters. The van der Waals surface area contributed by atoms with Gasteiger partial charge in [-0.05, 0) is 11.1 Å². The zero-order valence-electron chi connectivity index (χ0n) is 12.5. The maximum atomic E-state index is 5.81. The van der Waals surface area contributed by atoms with Crippen molar-refractivity contribution < 1.29 is 9.15 Å². The van der Waals surface area contributed by atoms with Crippen LogP contribution in [0.1, 0.15) is 17.7 Å². The van der Waals surface area contributed by atoms with Gasteiger partial charge in [0.1, 0.15) is 0 Å². The maximum absolute atomic E-state index is 5.81. The number of rotatable bonds is 2. The van der Waals surface area contributed by atoms with Crippen LogP contribution in [-0.4, -0.2) is 31.2 Å². The maximum Gasteiger partial charge on any atom is 0.314 e. The molecule has 112 valence electrons. The van der Waals surface area contributed by atoms with E-state index in [-0.39, 0.29) is 0 Å². The summed E-state index contributed by atoms with van der Waals surface area (Å²) in [5, 5.41) is 0.